The number of nitrogens with zero attached hydrogens (tertiary/aromatic N) is 6. The van der Waals surface area contributed by atoms with Gasteiger partial charge in [-0.05, 0) is 19.1 Å². The highest BCUT2D eigenvalue weighted by atomic mass is 15.3. The van der Waals surface area contributed by atoms with E-state index in [2.05, 4.69) is 47.0 Å². The summed E-state index contributed by atoms with van der Waals surface area (Å²) in [6.07, 6.45) is 5.32. The quantitative estimate of drug-likeness (QED) is 0.752. The van der Waals surface area contributed by atoms with Crippen molar-refractivity contribution in [2.45, 2.75) is 6.92 Å². The Morgan fingerprint density at radius 3 is 2.75 bits per heavy atom. The molecule has 4 rings (SSSR count). The van der Waals surface area contributed by atoms with Crippen LogP contribution in [0.15, 0.2) is 30.9 Å². The van der Waals surface area contributed by atoms with E-state index in [4.69, 9.17) is 0 Å². The molecule has 3 aromatic rings. The summed E-state index contributed by atoms with van der Waals surface area (Å²) >= 11 is 0. The molecular weight excluding hydrogens is 304 g/mol. The molecule has 1 aliphatic rings. The molecule has 4 heterocycles. The van der Waals surface area contributed by atoms with Crippen molar-refractivity contribution in [3.63, 3.8) is 0 Å². The molecule has 0 saturated carbocycles. The van der Waals surface area contributed by atoms with Gasteiger partial charge < -0.3 is 20.1 Å². The summed E-state index contributed by atoms with van der Waals surface area (Å²) in [6.45, 7) is 6.41. The second kappa shape index (κ2) is 6.31. The van der Waals surface area contributed by atoms with E-state index in [1.54, 1.807) is 12.5 Å². The average molecular weight is 324 g/mol. The van der Waals surface area contributed by atoms with Crippen molar-refractivity contribution in [3.05, 3.63) is 30.9 Å². The summed E-state index contributed by atoms with van der Waals surface area (Å²) in [5, 5.41) is 4.30. The first kappa shape index (κ1) is 14.7. The van der Waals surface area contributed by atoms with Gasteiger partial charge in [-0.1, -0.05) is 0 Å². The maximum atomic E-state index is 4.58. The molecule has 124 valence electrons. The summed E-state index contributed by atoms with van der Waals surface area (Å²) < 4.78 is 0. The second-order valence-electron chi connectivity index (χ2n) is 5.68. The maximum Gasteiger partial charge on any atom is 0.227 e. The Labute approximate surface area is 140 Å². The van der Waals surface area contributed by atoms with Crippen molar-refractivity contribution < 1.29 is 0 Å². The molecule has 2 N–H and O–H groups in total. The number of hydrogen-bond acceptors (Lipinski definition) is 7. The van der Waals surface area contributed by atoms with E-state index < -0.39 is 0 Å². The largest absolute Gasteiger partial charge is 0.370 e. The standard InChI is InChI=1S/C16H20N8/c1-2-17-13-4-6-19-16(22-13)24-9-7-23(8-10-24)15-12-3-5-18-14(12)20-11-21-15/h3-6,11H,2,7-10H2,1H3,(H,17,19,22)(H,18,20,21). The summed E-state index contributed by atoms with van der Waals surface area (Å²) in [7, 11) is 0. The first-order chi connectivity index (χ1) is 11.8. The molecule has 1 saturated heterocycles. The van der Waals surface area contributed by atoms with Crippen LogP contribution >= 0.6 is 0 Å². The van der Waals surface area contributed by atoms with Crippen LogP contribution in [0.4, 0.5) is 17.6 Å². The van der Waals surface area contributed by atoms with Gasteiger partial charge >= 0.3 is 0 Å². The number of aromatic amines is 1. The number of hydrogen-bond donors (Lipinski definition) is 2. The molecule has 8 nitrogen and oxygen atoms in total. The summed E-state index contributed by atoms with van der Waals surface area (Å²) in [5.74, 6) is 2.64. The van der Waals surface area contributed by atoms with Crippen LogP contribution in [0, 0.1) is 0 Å². The van der Waals surface area contributed by atoms with Gasteiger partial charge in [0.2, 0.25) is 5.95 Å². The van der Waals surface area contributed by atoms with Gasteiger partial charge in [-0.3, -0.25) is 0 Å². The SMILES string of the molecule is CCNc1ccnc(N2CCN(c3ncnc4[nH]ccc34)CC2)n1. The van der Waals surface area contributed by atoms with Crippen molar-refractivity contribution >= 4 is 28.6 Å². The molecule has 0 bridgehead atoms. The third kappa shape index (κ3) is 2.70. The van der Waals surface area contributed by atoms with Crippen LogP contribution in [0.2, 0.25) is 0 Å². The predicted molar refractivity (Wildman–Crippen MR) is 94.5 cm³/mol. The first-order valence-electron chi connectivity index (χ1n) is 8.20. The van der Waals surface area contributed by atoms with E-state index in [9.17, 15) is 0 Å². The molecule has 24 heavy (non-hydrogen) atoms. The molecule has 0 unspecified atom stereocenters. The number of piperazine rings is 1. The van der Waals surface area contributed by atoms with Crippen molar-refractivity contribution in [3.8, 4) is 0 Å². The van der Waals surface area contributed by atoms with Crippen LogP contribution in [0.25, 0.3) is 11.0 Å². The number of anilines is 3. The fourth-order valence-electron chi connectivity index (χ4n) is 3.01. The predicted octanol–water partition coefficient (Wildman–Crippen LogP) is 1.51. The van der Waals surface area contributed by atoms with E-state index in [0.29, 0.717) is 0 Å². The molecule has 3 aromatic heterocycles. The van der Waals surface area contributed by atoms with Crippen LogP contribution in [-0.4, -0.2) is 57.6 Å². The van der Waals surface area contributed by atoms with E-state index in [-0.39, 0.29) is 0 Å². The van der Waals surface area contributed by atoms with Crippen LogP contribution in [0.3, 0.4) is 0 Å². The molecule has 8 heteroatoms. The Kier molecular flexibility index (Phi) is 3.86. The zero-order valence-electron chi connectivity index (χ0n) is 13.6. The smallest absolute Gasteiger partial charge is 0.227 e. The lowest BCUT2D eigenvalue weighted by Gasteiger charge is -2.35. The lowest BCUT2D eigenvalue weighted by Crippen LogP contribution is -2.47. The molecule has 0 aliphatic carbocycles. The molecule has 0 spiro atoms. The molecule has 0 amide bonds. The highest BCUT2D eigenvalue weighted by Gasteiger charge is 2.21. The van der Waals surface area contributed by atoms with Crippen LogP contribution < -0.4 is 15.1 Å². The zero-order chi connectivity index (χ0) is 16.4. The van der Waals surface area contributed by atoms with Crippen LogP contribution in [0.5, 0.6) is 0 Å². The van der Waals surface area contributed by atoms with Gasteiger partial charge in [-0.25, -0.2) is 15.0 Å². The third-order valence-corrected chi connectivity index (χ3v) is 4.20. The Hall–Kier alpha value is -2.90. The summed E-state index contributed by atoms with van der Waals surface area (Å²) in [6, 6.07) is 3.92. The average Bonchev–Trinajstić information content (AvgIpc) is 3.11. The van der Waals surface area contributed by atoms with Gasteiger partial charge in [-0.2, -0.15) is 4.98 Å². The van der Waals surface area contributed by atoms with Gasteiger partial charge in [0, 0.05) is 45.1 Å². The second-order valence-corrected chi connectivity index (χ2v) is 5.68. The Balaban J connectivity index is 1.49. The van der Waals surface area contributed by atoms with Gasteiger partial charge in [0.05, 0.1) is 5.39 Å². The monoisotopic (exact) mass is 324 g/mol. The first-order valence-corrected chi connectivity index (χ1v) is 8.20. The van der Waals surface area contributed by atoms with Gasteiger partial charge in [-0.15, -0.1) is 0 Å². The fraction of sp³-hybridized carbons (Fsp3) is 0.375. The number of aromatic nitrogens is 5. The van der Waals surface area contributed by atoms with Gasteiger partial charge in [0.25, 0.3) is 0 Å². The molecule has 1 aliphatic heterocycles. The highest BCUT2D eigenvalue weighted by molar-refractivity contribution is 5.87. The van der Waals surface area contributed by atoms with E-state index in [1.165, 1.54) is 0 Å². The minimum Gasteiger partial charge on any atom is -0.370 e. The van der Waals surface area contributed by atoms with Crippen molar-refractivity contribution in [2.75, 3.05) is 47.8 Å². The fourth-order valence-corrected chi connectivity index (χ4v) is 3.01. The lowest BCUT2D eigenvalue weighted by molar-refractivity contribution is 0.636. The van der Waals surface area contributed by atoms with Crippen molar-refractivity contribution in [1.29, 1.82) is 0 Å². The molecule has 1 fully saturated rings. The minimum atomic E-state index is 0.780. The minimum absolute atomic E-state index is 0.780. The summed E-state index contributed by atoms with van der Waals surface area (Å²) in [4.78, 5) is 25.4. The number of H-pyrrole nitrogens is 1. The summed E-state index contributed by atoms with van der Waals surface area (Å²) in [5.41, 5.74) is 0.879. The Morgan fingerprint density at radius 2 is 1.92 bits per heavy atom. The number of nitrogens with one attached hydrogen (secondary N) is 2. The molecule has 0 aromatic carbocycles. The van der Waals surface area contributed by atoms with E-state index >= 15 is 0 Å². The normalized spacial score (nSPS) is 15.0. The topological polar surface area (TPSA) is 85.9 Å². The Bertz CT molecular complexity index is 822. The van der Waals surface area contributed by atoms with E-state index in [0.717, 1.165) is 61.3 Å². The highest BCUT2D eigenvalue weighted by Crippen LogP contribution is 2.23. The third-order valence-electron chi connectivity index (χ3n) is 4.20. The van der Waals surface area contributed by atoms with Crippen LogP contribution in [0.1, 0.15) is 6.92 Å². The molecule has 0 radical (unpaired) electrons. The number of rotatable bonds is 4. The van der Waals surface area contributed by atoms with Crippen molar-refractivity contribution in [1.82, 2.24) is 24.9 Å². The van der Waals surface area contributed by atoms with Gasteiger partial charge in [0.15, 0.2) is 0 Å². The molecular formula is C16H20N8. The van der Waals surface area contributed by atoms with E-state index in [1.807, 2.05) is 18.3 Å². The van der Waals surface area contributed by atoms with Crippen LogP contribution in [-0.2, 0) is 0 Å². The molecule has 0 atom stereocenters. The Morgan fingerprint density at radius 1 is 1.08 bits per heavy atom. The number of fused-ring (bicyclic) bond motifs is 1. The van der Waals surface area contributed by atoms with Crippen molar-refractivity contribution in [2.24, 2.45) is 0 Å². The lowest BCUT2D eigenvalue weighted by atomic mass is 10.3. The maximum absolute atomic E-state index is 4.58. The van der Waals surface area contributed by atoms with Gasteiger partial charge in [0.1, 0.15) is 23.6 Å². The zero-order valence-corrected chi connectivity index (χ0v) is 13.6.